The zero-order chi connectivity index (χ0) is 20.1. The first-order valence-electron chi connectivity index (χ1n) is 9.99. The molecule has 2 aromatic rings. The van der Waals surface area contributed by atoms with Gasteiger partial charge in [0.2, 0.25) is 0 Å². The molecule has 0 bridgehead atoms. The van der Waals surface area contributed by atoms with Gasteiger partial charge in [-0.05, 0) is 79.2 Å². The van der Waals surface area contributed by atoms with Gasteiger partial charge in [-0.3, -0.25) is 0 Å². The average molecular weight is 394 g/mol. The van der Waals surface area contributed by atoms with Crippen molar-refractivity contribution < 1.29 is 22.3 Å². The van der Waals surface area contributed by atoms with Crippen molar-refractivity contribution in [2.24, 2.45) is 5.92 Å². The summed E-state index contributed by atoms with van der Waals surface area (Å²) in [4.78, 5) is 0. The van der Waals surface area contributed by atoms with E-state index in [0.29, 0.717) is 24.3 Å². The Labute approximate surface area is 163 Å². The van der Waals surface area contributed by atoms with Crippen molar-refractivity contribution in [1.29, 1.82) is 0 Å². The lowest BCUT2D eigenvalue weighted by Gasteiger charge is -2.26. The number of unbranched alkanes of at least 4 members (excludes halogenated alkanes) is 1. The number of alkyl halides is 3. The van der Waals surface area contributed by atoms with Gasteiger partial charge in [-0.15, -0.1) is 13.2 Å². The molecule has 0 amide bonds. The highest BCUT2D eigenvalue weighted by molar-refractivity contribution is 5.39. The number of ether oxygens (including phenoxy) is 1. The molecule has 28 heavy (non-hydrogen) atoms. The molecule has 1 atom stereocenters. The molecule has 1 nitrogen and oxygen atoms in total. The van der Waals surface area contributed by atoms with Gasteiger partial charge in [0, 0.05) is 0 Å². The topological polar surface area (TPSA) is 9.23 Å². The fourth-order valence-corrected chi connectivity index (χ4v) is 3.94. The summed E-state index contributed by atoms with van der Waals surface area (Å²) in [5, 5.41) is 0. The van der Waals surface area contributed by atoms with Gasteiger partial charge in [-0.2, -0.15) is 0 Å². The van der Waals surface area contributed by atoms with Gasteiger partial charge in [0.1, 0.15) is 0 Å². The number of rotatable bonds is 7. The van der Waals surface area contributed by atoms with Gasteiger partial charge in [0.25, 0.3) is 0 Å². The lowest BCUT2D eigenvalue weighted by Crippen LogP contribution is -2.20. The van der Waals surface area contributed by atoms with Crippen molar-refractivity contribution in [3.05, 3.63) is 64.5 Å². The number of hydrogen-bond donors (Lipinski definition) is 0. The molecule has 0 saturated heterocycles. The second kappa shape index (κ2) is 8.97. The van der Waals surface area contributed by atoms with Gasteiger partial charge < -0.3 is 4.74 Å². The van der Waals surface area contributed by atoms with Crippen LogP contribution < -0.4 is 4.74 Å². The van der Waals surface area contributed by atoms with Crippen molar-refractivity contribution in [2.75, 3.05) is 0 Å². The molecule has 0 N–H and O–H groups in total. The molecule has 5 heteroatoms. The molecule has 152 valence electrons. The molecule has 0 aromatic heterocycles. The third-order valence-electron chi connectivity index (χ3n) is 5.52. The highest BCUT2D eigenvalue weighted by Crippen LogP contribution is 2.35. The van der Waals surface area contributed by atoms with E-state index < -0.39 is 17.9 Å². The summed E-state index contributed by atoms with van der Waals surface area (Å²) in [6.45, 7) is 2.19. The minimum absolute atomic E-state index is 0.373. The zero-order valence-corrected chi connectivity index (χ0v) is 16.1. The molecule has 2 aromatic carbocycles. The number of hydrogen-bond acceptors (Lipinski definition) is 1. The maximum atomic E-state index is 14.4. The highest BCUT2D eigenvalue weighted by Gasteiger charge is 2.33. The summed E-state index contributed by atoms with van der Waals surface area (Å²) >= 11 is 0. The molecule has 0 saturated carbocycles. The first-order chi connectivity index (χ1) is 13.4. The Morgan fingerprint density at radius 3 is 2.32 bits per heavy atom. The molecule has 3 rings (SSSR count). The van der Waals surface area contributed by atoms with Crippen LogP contribution in [0.15, 0.2) is 36.4 Å². The van der Waals surface area contributed by atoms with E-state index in [0.717, 1.165) is 37.3 Å². The molecule has 1 unspecified atom stereocenters. The van der Waals surface area contributed by atoms with E-state index >= 15 is 0 Å². The Kier molecular flexibility index (Phi) is 6.63. The third kappa shape index (κ3) is 5.49. The number of aryl methyl sites for hydroxylation is 2. The quantitative estimate of drug-likeness (QED) is 0.469. The maximum absolute atomic E-state index is 14.4. The molecule has 1 aliphatic rings. The normalized spacial score (nSPS) is 16.7. The van der Waals surface area contributed by atoms with Gasteiger partial charge in [0.15, 0.2) is 11.6 Å². The Morgan fingerprint density at radius 2 is 1.68 bits per heavy atom. The van der Waals surface area contributed by atoms with Crippen LogP contribution >= 0.6 is 0 Å². The van der Waals surface area contributed by atoms with Gasteiger partial charge in [0.05, 0.1) is 0 Å². The van der Waals surface area contributed by atoms with Crippen LogP contribution in [-0.2, 0) is 25.7 Å². The van der Waals surface area contributed by atoms with E-state index in [1.165, 1.54) is 24.0 Å². The summed E-state index contributed by atoms with van der Waals surface area (Å²) in [5.41, 5.74) is 3.84. The smallest absolute Gasteiger partial charge is 0.403 e. The van der Waals surface area contributed by atoms with Crippen LogP contribution in [0.4, 0.5) is 17.6 Å². The monoisotopic (exact) mass is 394 g/mol. The van der Waals surface area contributed by atoms with E-state index in [-0.39, 0.29) is 0 Å². The molecule has 0 aliphatic heterocycles. The number of fused-ring (bicyclic) bond motifs is 1. The first kappa shape index (κ1) is 20.7. The maximum Gasteiger partial charge on any atom is 0.573 e. The van der Waals surface area contributed by atoms with Crippen molar-refractivity contribution in [3.63, 3.8) is 0 Å². The van der Waals surface area contributed by atoms with Crippen molar-refractivity contribution in [3.8, 4) is 5.75 Å². The average Bonchev–Trinajstić information content (AvgIpc) is 2.67. The van der Waals surface area contributed by atoms with Crippen molar-refractivity contribution >= 4 is 0 Å². The lowest BCUT2D eigenvalue weighted by atomic mass is 9.80. The third-order valence-corrected chi connectivity index (χ3v) is 5.52. The minimum Gasteiger partial charge on any atom is -0.403 e. The summed E-state index contributed by atoms with van der Waals surface area (Å²) in [7, 11) is 0. The van der Waals surface area contributed by atoms with Crippen LogP contribution in [0, 0.1) is 11.7 Å². The number of benzene rings is 2. The first-order valence-corrected chi connectivity index (χ1v) is 9.99. The number of halogens is 4. The van der Waals surface area contributed by atoms with Gasteiger partial charge >= 0.3 is 6.36 Å². The Balaban J connectivity index is 1.57. The van der Waals surface area contributed by atoms with Gasteiger partial charge in [-0.1, -0.05) is 43.7 Å². The Hall–Kier alpha value is -2.04. The fraction of sp³-hybridized carbons (Fsp3) is 0.478. The molecule has 1 aliphatic carbocycles. The van der Waals surface area contributed by atoms with Crippen LogP contribution in [0.5, 0.6) is 5.75 Å². The lowest BCUT2D eigenvalue weighted by molar-refractivity contribution is -0.275. The van der Waals surface area contributed by atoms with Crippen LogP contribution in [0.2, 0.25) is 0 Å². The molecular formula is C23H26F4O. The summed E-state index contributed by atoms with van der Waals surface area (Å²) in [6.07, 6.45) is 2.53. The molecule has 0 spiro atoms. The molecule has 0 fully saturated rings. The van der Waals surface area contributed by atoms with E-state index in [1.54, 1.807) is 6.07 Å². The van der Waals surface area contributed by atoms with Crippen LogP contribution in [0.25, 0.3) is 0 Å². The largest absolute Gasteiger partial charge is 0.573 e. The second-order valence-corrected chi connectivity index (χ2v) is 7.63. The summed E-state index contributed by atoms with van der Waals surface area (Å²) in [6, 6.07) is 11.4. The summed E-state index contributed by atoms with van der Waals surface area (Å²) < 4.78 is 55.3. The Bertz CT molecular complexity index is 780. The minimum atomic E-state index is -4.88. The van der Waals surface area contributed by atoms with E-state index in [9.17, 15) is 17.6 Å². The SMILES string of the molecule is CCCCc1ccc(CCC2CCc3c(ccc(OC(F)(F)F)c3F)C2)cc1. The van der Waals surface area contributed by atoms with E-state index in [4.69, 9.17) is 0 Å². The van der Waals surface area contributed by atoms with E-state index in [2.05, 4.69) is 35.9 Å². The van der Waals surface area contributed by atoms with Gasteiger partial charge in [-0.25, -0.2) is 4.39 Å². The predicted molar refractivity (Wildman–Crippen MR) is 102 cm³/mol. The second-order valence-electron chi connectivity index (χ2n) is 7.63. The highest BCUT2D eigenvalue weighted by atomic mass is 19.4. The molecule has 0 heterocycles. The van der Waals surface area contributed by atoms with Crippen LogP contribution in [0.3, 0.4) is 0 Å². The molecule has 0 radical (unpaired) electrons. The standard InChI is InChI=1S/C23H26F4O/c1-2-3-4-16-5-7-17(8-6-16)9-10-18-11-13-20-19(15-18)12-14-21(22(20)24)28-23(25,26)27/h5-8,12,14,18H,2-4,9-11,13,15H2,1H3. The molecular weight excluding hydrogens is 368 g/mol. The van der Waals surface area contributed by atoms with Crippen LogP contribution in [-0.4, -0.2) is 6.36 Å². The Morgan fingerprint density at radius 1 is 1.00 bits per heavy atom. The van der Waals surface area contributed by atoms with E-state index in [1.807, 2.05) is 0 Å². The fourth-order valence-electron chi connectivity index (χ4n) is 3.94. The zero-order valence-electron chi connectivity index (χ0n) is 16.1. The predicted octanol–water partition coefficient (Wildman–Crippen LogP) is 6.80. The summed E-state index contributed by atoms with van der Waals surface area (Å²) in [5.74, 6) is -1.18. The van der Waals surface area contributed by atoms with Crippen molar-refractivity contribution in [2.45, 2.75) is 64.7 Å². The van der Waals surface area contributed by atoms with Crippen LogP contribution in [0.1, 0.15) is 54.9 Å². The van der Waals surface area contributed by atoms with Crippen molar-refractivity contribution in [1.82, 2.24) is 0 Å².